The Labute approximate surface area is 66.7 Å². The van der Waals surface area contributed by atoms with Crippen molar-refractivity contribution >= 4 is 6.16 Å². The van der Waals surface area contributed by atoms with E-state index in [-0.39, 0.29) is 6.10 Å². The second-order valence-corrected chi connectivity index (χ2v) is 3.74. The highest BCUT2D eigenvalue weighted by Crippen LogP contribution is 2.30. The number of carbonyl (C=O) groups excluding carboxylic acids is 1. The molecule has 0 amide bonds. The molecule has 1 fully saturated rings. The zero-order chi connectivity index (χ0) is 8.65. The van der Waals surface area contributed by atoms with Gasteiger partial charge in [0.25, 0.3) is 0 Å². The van der Waals surface area contributed by atoms with Crippen LogP contribution in [0.3, 0.4) is 0 Å². The number of hydrogen-bond donors (Lipinski definition) is 0. The van der Waals surface area contributed by atoms with E-state index in [0.717, 1.165) is 0 Å². The Kier molecular flexibility index (Phi) is 1.82. The van der Waals surface area contributed by atoms with E-state index >= 15 is 0 Å². The molecule has 1 saturated heterocycles. The van der Waals surface area contributed by atoms with E-state index in [4.69, 9.17) is 9.47 Å². The lowest BCUT2D eigenvalue weighted by atomic mass is 9.93. The molecular weight excluding hydrogens is 144 g/mol. The molecule has 0 saturated carbocycles. The second-order valence-electron chi connectivity index (χ2n) is 3.74. The molecule has 0 bridgehead atoms. The minimum absolute atomic E-state index is 0.116. The molecule has 1 aliphatic heterocycles. The van der Waals surface area contributed by atoms with Crippen LogP contribution >= 0.6 is 0 Å². The van der Waals surface area contributed by atoms with Crippen molar-refractivity contribution in [1.29, 1.82) is 0 Å². The van der Waals surface area contributed by atoms with Crippen LogP contribution in [0.2, 0.25) is 0 Å². The van der Waals surface area contributed by atoms with E-state index in [0.29, 0.717) is 5.92 Å². The van der Waals surface area contributed by atoms with E-state index in [2.05, 4.69) is 0 Å². The van der Waals surface area contributed by atoms with Crippen molar-refractivity contribution in [2.45, 2.75) is 39.4 Å². The highest BCUT2D eigenvalue weighted by molar-refractivity contribution is 5.63. The van der Waals surface area contributed by atoms with Crippen LogP contribution in [0.15, 0.2) is 0 Å². The predicted octanol–water partition coefficient (Wildman–Crippen LogP) is 1.96. The molecule has 1 aliphatic rings. The van der Waals surface area contributed by atoms with Crippen LogP contribution in [0.25, 0.3) is 0 Å². The van der Waals surface area contributed by atoms with E-state index in [1.54, 1.807) is 0 Å². The second kappa shape index (κ2) is 2.40. The SMILES string of the molecule is CC(C)[C@H]1OC(=O)OC1(C)C. The quantitative estimate of drug-likeness (QED) is 0.547. The lowest BCUT2D eigenvalue weighted by Gasteiger charge is -2.24. The molecule has 1 heterocycles. The smallest absolute Gasteiger partial charge is 0.426 e. The molecule has 11 heavy (non-hydrogen) atoms. The average molecular weight is 158 g/mol. The summed E-state index contributed by atoms with van der Waals surface area (Å²) in [6.07, 6.45) is -0.663. The molecule has 0 radical (unpaired) electrons. The molecule has 0 aromatic heterocycles. The topological polar surface area (TPSA) is 35.5 Å². The van der Waals surface area contributed by atoms with Crippen LogP contribution in [0.4, 0.5) is 4.79 Å². The van der Waals surface area contributed by atoms with Gasteiger partial charge in [-0.05, 0) is 19.8 Å². The van der Waals surface area contributed by atoms with Crippen molar-refractivity contribution in [2.24, 2.45) is 5.92 Å². The number of cyclic esters (lactones) is 2. The van der Waals surface area contributed by atoms with Crippen molar-refractivity contribution in [1.82, 2.24) is 0 Å². The Balaban J connectivity index is 2.74. The molecule has 0 aromatic carbocycles. The molecule has 0 aromatic rings. The number of hydrogen-bond acceptors (Lipinski definition) is 3. The minimum Gasteiger partial charge on any atom is -0.426 e. The van der Waals surface area contributed by atoms with Gasteiger partial charge in [0.15, 0.2) is 0 Å². The highest BCUT2D eigenvalue weighted by atomic mass is 16.8. The Morgan fingerprint density at radius 1 is 1.45 bits per heavy atom. The van der Waals surface area contributed by atoms with Gasteiger partial charge >= 0.3 is 6.16 Å². The van der Waals surface area contributed by atoms with Crippen LogP contribution in [0.1, 0.15) is 27.7 Å². The summed E-state index contributed by atoms with van der Waals surface area (Å²) in [7, 11) is 0. The van der Waals surface area contributed by atoms with Crippen LogP contribution in [0, 0.1) is 5.92 Å². The Hall–Kier alpha value is -0.730. The van der Waals surface area contributed by atoms with Gasteiger partial charge in [-0.25, -0.2) is 4.79 Å². The largest absolute Gasteiger partial charge is 0.509 e. The van der Waals surface area contributed by atoms with E-state index in [1.807, 2.05) is 27.7 Å². The highest BCUT2D eigenvalue weighted by Gasteiger charge is 2.45. The Bertz CT molecular complexity index is 172. The fourth-order valence-corrected chi connectivity index (χ4v) is 1.48. The lowest BCUT2D eigenvalue weighted by molar-refractivity contribution is 0.0423. The van der Waals surface area contributed by atoms with Gasteiger partial charge < -0.3 is 9.47 Å². The van der Waals surface area contributed by atoms with Gasteiger partial charge in [0.2, 0.25) is 0 Å². The van der Waals surface area contributed by atoms with Crippen LogP contribution in [-0.4, -0.2) is 17.9 Å². The summed E-state index contributed by atoms with van der Waals surface area (Å²) >= 11 is 0. The first-order valence-electron chi connectivity index (χ1n) is 3.83. The fraction of sp³-hybridized carbons (Fsp3) is 0.875. The molecule has 3 heteroatoms. The molecule has 1 rings (SSSR count). The van der Waals surface area contributed by atoms with Crippen LogP contribution in [0.5, 0.6) is 0 Å². The lowest BCUT2D eigenvalue weighted by Crippen LogP contribution is -2.36. The third kappa shape index (κ3) is 1.47. The van der Waals surface area contributed by atoms with E-state index < -0.39 is 11.8 Å². The normalized spacial score (nSPS) is 28.5. The van der Waals surface area contributed by atoms with Gasteiger partial charge in [-0.3, -0.25) is 0 Å². The van der Waals surface area contributed by atoms with Crippen LogP contribution in [-0.2, 0) is 9.47 Å². The first-order valence-corrected chi connectivity index (χ1v) is 3.83. The predicted molar refractivity (Wildman–Crippen MR) is 40.3 cm³/mol. The monoisotopic (exact) mass is 158 g/mol. The van der Waals surface area contributed by atoms with E-state index in [9.17, 15) is 4.79 Å². The van der Waals surface area contributed by atoms with Gasteiger partial charge in [-0.1, -0.05) is 13.8 Å². The van der Waals surface area contributed by atoms with Crippen molar-refractivity contribution in [3.05, 3.63) is 0 Å². The van der Waals surface area contributed by atoms with Gasteiger partial charge in [-0.15, -0.1) is 0 Å². The number of rotatable bonds is 1. The summed E-state index contributed by atoms with van der Waals surface area (Å²) < 4.78 is 9.94. The molecule has 64 valence electrons. The van der Waals surface area contributed by atoms with Gasteiger partial charge in [0.05, 0.1) is 0 Å². The number of carbonyl (C=O) groups is 1. The molecule has 0 N–H and O–H groups in total. The molecule has 1 atom stereocenters. The molecule has 0 unspecified atom stereocenters. The number of ether oxygens (including phenoxy) is 2. The van der Waals surface area contributed by atoms with Crippen molar-refractivity contribution in [2.75, 3.05) is 0 Å². The Morgan fingerprint density at radius 2 is 2.00 bits per heavy atom. The molecular formula is C8H14O3. The summed E-state index contributed by atoms with van der Waals surface area (Å²) in [6.45, 7) is 7.74. The summed E-state index contributed by atoms with van der Waals surface area (Å²) in [4.78, 5) is 10.7. The van der Waals surface area contributed by atoms with Crippen molar-refractivity contribution < 1.29 is 14.3 Å². The summed E-state index contributed by atoms with van der Waals surface area (Å²) in [5.74, 6) is 0.302. The third-order valence-corrected chi connectivity index (χ3v) is 1.86. The maximum Gasteiger partial charge on any atom is 0.509 e. The first-order chi connectivity index (χ1) is 4.93. The average Bonchev–Trinajstić information content (AvgIpc) is 2.04. The third-order valence-electron chi connectivity index (χ3n) is 1.86. The zero-order valence-electron chi connectivity index (χ0n) is 7.38. The maximum atomic E-state index is 10.7. The van der Waals surface area contributed by atoms with Crippen molar-refractivity contribution in [3.8, 4) is 0 Å². The first kappa shape index (κ1) is 8.37. The van der Waals surface area contributed by atoms with Gasteiger partial charge in [0, 0.05) is 0 Å². The maximum absolute atomic E-state index is 10.7. The van der Waals surface area contributed by atoms with E-state index in [1.165, 1.54) is 0 Å². The van der Waals surface area contributed by atoms with Crippen LogP contribution < -0.4 is 0 Å². The minimum atomic E-state index is -0.548. The zero-order valence-corrected chi connectivity index (χ0v) is 7.38. The molecule has 0 spiro atoms. The van der Waals surface area contributed by atoms with Gasteiger partial charge in [0.1, 0.15) is 11.7 Å². The fourth-order valence-electron chi connectivity index (χ4n) is 1.48. The summed E-state index contributed by atoms with van der Waals surface area (Å²) in [5, 5.41) is 0. The van der Waals surface area contributed by atoms with Crippen molar-refractivity contribution in [3.63, 3.8) is 0 Å². The summed E-state index contributed by atoms with van der Waals surface area (Å²) in [5.41, 5.74) is -0.467. The summed E-state index contributed by atoms with van der Waals surface area (Å²) in [6, 6.07) is 0. The van der Waals surface area contributed by atoms with Gasteiger partial charge in [-0.2, -0.15) is 0 Å². The molecule has 3 nitrogen and oxygen atoms in total. The standard InChI is InChI=1S/C8H14O3/c1-5(2)6-8(3,4)11-7(9)10-6/h5-6H,1-4H3/t6-/m1/s1. The molecule has 0 aliphatic carbocycles. The Morgan fingerprint density at radius 3 is 2.18 bits per heavy atom.